The Morgan fingerprint density at radius 3 is 2.81 bits per heavy atom. The van der Waals surface area contributed by atoms with E-state index in [9.17, 15) is 4.79 Å². The van der Waals surface area contributed by atoms with Crippen molar-refractivity contribution in [3.05, 3.63) is 23.9 Å². The number of aromatic nitrogens is 1. The van der Waals surface area contributed by atoms with E-state index >= 15 is 0 Å². The van der Waals surface area contributed by atoms with Gasteiger partial charge in [-0.3, -0.25) is 4.79 Å². The van der Waals surface area contributed by atoms with Gasteiger partial charge in [-0.05, 0) is 30.4 Å². The summed E-state index contributed by atoms with van der Waals surface area (Å²) >= 11 is 0. The van der Waals surface area contributed by atoms with E-state index in [1.807, 2.05) is 0 Å². The average Bonchev–Trinajstić information content (AvgIpc) is 3.05. The number of carbonyl (C=O) groups excluding carboxylic acids is 1. The molecule has 0 saturated heterocycles. The number of nitrogens with zero attached hydrogens (tertiary/aromatic N) is 1. The van der Waals surface area contributed by atoms with E-state index in [-0.39, 0.29) is 5.91 Å². The van der Waals surface area contributed by atoms with Crippen LogP contribution in [0.15, 0.2) is 18.3 Å². The Bertz CT molecular complexity index is 383. The Hall–Kier alpha value is -1.62. The molecule has 0 radical (unpaired) electrons. The van der Waals surface area contributed by atoms with Crippen LogP contribution in [0.25, 0.3) is 0 Å². The summed E-state index contributed by atoms with van der Waals surface area (Å²) in [5.74, 6) is 5.65. The molecule has 1 aliphatic carbocycles. The molecule has 1 fully saturated rings. The number of hydrogen-bond acceptors (Lipinski definition) is 4. The highest BCUT2D eigenvalue weighted by Crippen LogP contribution is 2.44. The summed E-state index contributed by atoms with van der Waals surface area (Å²) in [5.41, 5.74) is 3.30. The lowest BCUT2D eigenvalue weighted by atomic mass is 10.1. The van der Waals surface area contributed by atoms with Crippen molar-refractivity contribution in [2.24, 2.45) is 11.3 Å². The monoisotopic (exact) mass is 220 g/mol. The summed E-state index contributed by atoms with van der Waals surface area (Å²) in [6.45, 7) is 2.91. The Kier molecular flexibility index (Phi) is 2.78. The zero-order chi connectivity index (χ0) is 11.6. The molecule has 0 aromatic carbocycles. The molecule has 0 unspecified atom stereocenters. The second kappa shape index (κ2) is 4.09. The van der Waals surface area contributed by atoms with E-state index in [2.05, 4.69) is 22.7 Å². The van der Waals surface area contributed by atoms with Gasteiger partial charge in [0.1, 0.15) is 5.82 Å². The summed E-state index contributed by atoms with van der Waals surface area (Å²) in [6.07, 6.45) is 3.91. The largest absolute Gasteiger partial charge is 0.351 e. The predicted octanol–water partition coefficient (Wildman–Crippen LogP) is 0.897. The fourth-order valence-electron chi connectivity index (χ4n) is 1.40. The molecule has 16 heavy (non-hydrogen) atoms. The maximum atomic E-state index is 11.7. The van der Waals surface area contributed by atoms with Gasteiger partial charge >= 0.3 is 0 Å². The number of pyridine rings is 1. The molecule has 2 rings (SSSR count). The third kappa shape index (κ3) is 2.49. The van der Waals surface area contributed by atoms with Crippen LogP contribution < -0.4 is 16.6 Å². The molecule has 0 spiro atoms. The molecule has 1 saturated carbocycles. The molecule has 1 aromatic rings. The molecule has 1 heterocycles. The summed E-state index contributed by atoms with van der Waals surface area (Å²) in [4.78, 5) is 15.7. The number of nitrogens with two attached hydrogens (primary N) is 1. The van der Waals surface area contributed by atoms with Gasteiger partial charge in [0, 0.05) is 12.7 Å². The van der Waals surface area contributed by atoms with Gasteiger partial charge in [0.25, 0.3) is 5.91 Å². The van der Waals surface area contributed by atoms with E-state index in [1.54, 1.807) is 12.1 Å². The first-order chi connectivity index (χ1) is 7.63. The minimum atomic E-state index is -0.0794. The third-order valence-electron chi connectivity index (χ3n) is 2.95. The summed E-state index contributed by atoms with van der Waals surface area (Å²) in [5, 5.41) is 2.91. The predicted molar refractivity (Wildman–Crippen MR) is 61.7 cm³/mol. The summed E-state index contributed by atoms with van der Waals surface area (Å²) in [6, 6.07) is 3.38. The van der Waals surface area contributed by atoms with E-state index in [4.69, 9.17) is 5.84 Å². The van der Waals surface area contributed by atoms with Gasteiger partial charge in [-0.15, -0.1) is 0 Å². The number of hydrazine groups is 1. The molecule has 86 valence electrons. The van der Waals surface area contributed by atoms with Crippen molar-refractivity contribution in [1.82, 2.24) is 10.3 Å². The Morgan fingerprint density at radius 2 is 2.31 bits per heavy atom. The smallest absolute Gasteiger partial charge is 0.252 e. The van der Waals surface area contributed by atoms with Gasteiger partial charge in [0.05, 0.1) is 5.56 Å². The number of hydrogen-bond donors (Lipinski definition) is 3. The number of nitrogens with one attached hydrogen (secondary N) is 2. The standard InChI is InChI=1S/C11H16N4O/c1-11(4-5-11)7-14-10(16)8-2-3-9(15-12)13-6-8/h2-3,6H,4-5,7,12H2,1H3,(H,13,15)(H,14,16). The second-order valence-electron chi connectivity index (χ2n) is 4.57. The number of amides is 1. The first-order valence-corrected chi connectivity index (χ1v) is 5.34. The number of nitrogen functional groups attached to an aromatic ring is 1. The molecular formula is C11H16N4O. The van der Waals surface area contributed by atoms with Crippen LogP contribution in [-0.2, 0) is 0 Å². The fourth-order valence-corrected chi connectivity index (χ4v) is 1.40. The SMILES string of the molecule is CC1(CNC(=O)c2ccc(NN)nc2)CC1. The lowest BCUT2D eigenvalue weighted by Gasteiger charge is -2.09. The first kappa shape index (κ1) is 10.9. The molecule has 4 N–H and O–H groups in total. The van der Waals surface area contributed by atoms with Crippen molar-refractivity contribution < 1.29 is 4.79 Å². The number of anilines is 1. The fraction of sp³-hybridized carbons (Fsp3) is 0.455. The van der Waals surface area contributed by atoms with Crippen molar-refractivity contribution in [3.8, 4) is 0 Å². The molecule has 1 aromatic heterocycles. The minimum Gasteiger partial charge on any atom is -0.351 e. The van der Waals surface area contributed by atoms with Crippen LogP contribution >= 0.6 is 0 Å². The lowest BCUT2D eigenvalue weighted by molar-refractivity contribution is 0.0946. The summed E-state index contributed by atoms with van der Waals surface area (Å²) < 4.78 is 0. The van der Waals surface area contributed by atoms with Crippen LogP contribution in [0.3, 0.4) is 0 Å². The zero-order valence-corrected chi connectivity index (χ0v) is 9.29. The van der Waals surface area contributed by atoms with Crippen molar-refractivity contribution in [3.63, 3.8) is 0 Å². The van der Waals surface area contributed by atoms with Gasteiger partial charge in [0.15, 0.2) is 0 Å². The maximum absolute atomic E-state index is 11.7. The molecule has 1 aliphatic rings. The molecule has 0 aliphatic heterocycles. The highest BCUT2D eigenvalue weighted by atomic mass is 16.1. The minimum absolute atomic E-state index is 0.0794. The van der Waals surface area contributed by atoms with Crippen molar-refractivity contribution in [2.45, 2.75) is 19.8 Å². The number of carbonyl (C=O) groups is 1. The van der Waals surface area contributed by atoms with Crippen LogP contribution in [0, 0.1) is 5.41 Å². The van der Waals surface area contributed by atoms with Gasteiger partial charge < -0.3 is 10.7 Å². The van der Waals surface area contributed by atoms with E-state index < -0.39 is 0 Å². The van der Waals surface area contributed by atoms with E-state index in [0.29, 0.717) is 16.8 Å². The quantitative estimate of drug-likeness (QED) is 0.520. The highest BCUT2D eigenvalue weighted by molar-refractivity contribution is 5.94. The Morgan fingerprint density at radius 1 is 1.56 bits per heavy atom. The average molecular weight is 220 g/mol. The van der Waals surface area contributed by atoms with Gasteiger partial charge in [-0.2, -0.15) is 0 Å². The third-order valence-corrected chi connectivity index (χ3v) is 2.95. The van der Waals surface area contributed by atoms with E-state index in [0.717, 1.165) is 6.54 Å². The van der Waals surface area contributed by atoms with Crippen LogP contribution in [0.4, 0.5) is 5.82 Å². The zero-order valence-electron chi connectivity index (χ0n) is 9.29. The van der Waals surface area contributed by atoms with Crippen molar-refractivity contribution >= 4 is 11.7 Å². The molecular weight excluding hydrogens is 204 g/mol. The Balaban J connectivity index is 1.92. The highest BCUT2D eigenvalue weighted by Gasteiger charge is 2.37. The van der Waals surface area contributed by atoms with Crippen LogP contribution in [0.1, 0.15) is 30.1 Å². The van der Waals surface area contributed by atoms with Crippen molar-refractivity contribution in [2.75, 3.05) is 12.0 Å². The second-order valence-corrected chi connectivity index (χ2v) is 4.57. The number of rotatable bonds is 4. The topological polar surface area (TPSA) is 80.0 Å². The van der Waals surface area contributed by atoms with E-state index in [1.165, 1.54) is 19.0 Å². The van der Waals surface area contributed by atoms with Gasteiger partial charge in [-0.1, -0.05) is 6.92 Å². The molecule has 1 amide bonds. The van der Waals surface area contributed by atoms with Gasteiger partial charge in [-0.25, -0.2) is 10.8 Å². The van der Waals surface area contributed by atoms with Crippen LogP contribution in [0.5, 0.6) is 0 Å². The molecule has 0 atom stereocenters. The Labute approximate surface area is 94.4 Å². The summed E-state index contributed by atoms with van der Waals surface area (Å²) in [7, 11) is 0. The first-order valence-electron chi connectivity index (χ1n) is 5.34. The van der Waals surface area contributed by atoms with Crippen LogP contribution in [0.2, 0.25) is 0 Å². The molecule has 5 heteroatoms. The molecule has 0 bridgehead atoms. The van der Waals surface area contributed by atoms with Crippen molar-refractivity contribution in [1.29, 1.82) is 0 Å². The maximum Gasteiger partial charge on any atom is 0.252 e. The van der Waals surface area contributed by atoms with Gasteiger partial charge in [0.2, 0.25) is 0 Å². The normalized spacial score (nSPS) is 16.6. The van der Waals surface area contributed by atoms with Crippen LogP contribution in [-0.4, -0.2) is 17.4 Å². The lowest BCUT2D eigenvalue weighted by Crippen LogP contribution is -2.29. The molecule has 5 nitrogen and oxygen atoms in total.